The maximum atomic E-state index is 12.5. The van der Waals surface area contributed by atoms with E-state index in [0.717, 1.165) is 41.5 Å². The zero-order valence-corrected chi connectivity index (χ0v) is 13.4. The van der Waals surface area contributed by atoms with Crippen LogP contribution in [0.1, 0.15) is 28.8 Å². The molecule has 0 radical (unpaired) electrons. The molecule has 1 aromatic rings. The highest BCUT2D eigenvalue weighted by atomic mass is 79.9. The molecule has 0 N–H and O–H groups in total. The topological polar surface area (TPSA) is 23.6 Å². The molecular formula is C15H21BrN2O. The molecule has 0 aromatic heterocycles. The highest BCUT2D eigenvalue weighted by Gasteiger charge is 2.25. The van der Waals surface area contributed by atoms with Gasteiger partial charge in [0.05, 0.1) is 0 Å². The normalized spacial score (nSPS) is 17.0. The number of hydrogen-bond acceptors (Lipinski definition) is 2. The summed E-state index contributed by atoms with van der Waals surface area (Å²) in [6, 6.07) is 6.50. The molecule has 1 heterocycles. The first-order chi connectivity index (χ1) is 8.99. The summed E-state index contributed by atoms with van der Waals surface area (Å²) in [5, 5.41) is 0. The molecule has 0 aliphatic carbocycles. The molecule has 0 unspecified atom stereocenters. The van der Waals surface area contributed by atoms with E-state index < -0.39 is 0 Å². The molecule has 1 fully saturated rings. The fourth-order valence-electron chi connectivity index (χ4n) is 2.58. The molecule has 0 bridgehead atoms. The van der Waals surface area contributed by atoms with Crippen molar-refractivity contribution >= 4 is 21.8 Å². The van der Waals surface area contributed by atoms with Crippen molar-refractivity contribution in [2.45, 2.75) is 25.8 Å². The minimum Gasteiger partial charge on any atom is -0.339 e. The van der Waals surface area contributed by atoms with Crippen LogP contribution >= 0.6 is 15.9 Å². The van der Waals surface area contributed by atoms with Gasteiger partial charge in [-0.25, -0.2) is 0 Å². The molecule has 0 saturated carbocycles. The van der Waals surface area contributed by atoms with E-state index in [1.165, 1.54) is 0 Å². The fraction of sp³-hybridized carbons (Fsp3) is 0.533. The highest BCUT2D eigenvalue weighted by molar-refractivity contribution is 9.10. The molecule has 3 nitrogen and oxygen atoms in total. The summed E-state index contributed by atoms with van der Waals surface area (Å²) in [6.45, 7) is 3.70. The minimum absolute atomic E-state index is 0.163. The molecule has 1 saturated heterocycles. The van der Waals surface area contributed by atoms with Crippen LogP contribution in [-0.4, -0.2) is 48.9 Å². The van der Waals surface area contributed by atoms with Gasteiger partial charge in [0, 0.05) is 29.2 Å². The predicted molar refractivity (Wildman–Crippen MR) is 81.5 cm³/mol. The van der Waals surface area contributed by atoms with Gasteiger partial charge in [-0.15, -0.1) is 0 Å². The summed E-state index contributed by atoms with van der Waals surface area (Å²) in [4.78, 5) is 16.8. The maximum absolute atomic E-state index is 12.5. The van der Waals surface area contributed by atoms with Gasteiger partial charge in [0.2, 0.25) is 0 Å². The zero-order valence-electron chi connectivity index (χ0n) is 11.8. The second kappa shape index (κ2) is 6.06. The number of halogens is 1. The fourth-order valence-corrected chi connectivity index (χ4v) is 2.94. The third kappa shape index (κ3) is 3.37. The molecule has 0 spiro atoms. The molecule has 19 heavy (non-hydrogen) atoms. The van der Waals surface area contributed by atoms with Crippen LogP contribution in [-0.2, 0) is 0 Å². The van der Waals surface area contributed by atoms with Gasteiger partial charge < -0.3 is 9.80 Å². The van der Waals surface area contributed by atoms with Crippen molar-refractivity contribution < 1.29 is 4.79 Å². The number of rotatable bonds is 2. The van der Waals surface area contributed by atoms with Crippen molar-refractivity contribution in [3.63, 3.8) is 0 Å². The summed E-state index contributed by atoms with van der Waals surface area (Å²) in [6.07, 6.45) is 2.12. The van der Waals surface area contributed by atoms with E-state index in [2.05, 4.69) is 34.9 Å². The Morgan fingerprint density at radius 3 is 2.53 bits per heavy atom. The predicted octanol–water partition coefficient (Wildman–Crippen LogP) is 2.92. The van der Waals surface area contributed by atoms with E-state index in [9.17, 15) is 4.79 Å². The number of nitrogens with zero attached hydrogens (tertiary/aromatic N) is 2. The first-order valence-corrected chi connectivity index (χ1v) is 7.50. The maximum Gasteiger partial charge on any atom is 0.254 e. The molecule has 4 heteroatoms. The largest absolute Gasteiger partial charge is 0.339 e. The third-order valence-corrected chi connectivity index (χ3v) is 4.41. The number of amides is 1. The Morgan fingerprint density at radius 1 is 1.32 bits per heavy atom. The Labute approximate surface area is 123 Å². The van der Waals surface area contributed by atoms with Crippen LogP contribution < -0.4 is 0 Å². The lowest BCUT2D eigenvalue weighted by molar-refractivity contribution is 0.0662. The molecule has 104 valence electrons. The smallest absolute Gasteiger partial charge is 0.254 e. The van der Waals surface area contributed by atoms with E-state index in [-0.39, 0.29) is 5.91 Å². The molecule has 1 aliphatic rings. The molecule has 1 aliphatic heterocycles. The summed E-state index contributed by atoms with van der Waals surface area (Å²) in [5.41, 5.74) is 1.86. The molecule has 1 amide bonds. The Hall–Kier alpha value is -0.870. The van der Waals surface area contributed by atoms with E-state index in [1.807, 2.05) is 30.0 Å². The van der Waals surface area contributed by atoms with Crippen molar-refractivity contribution in [1.82, 2.24) is 9.80 Å². The molecule has 2 rings (SSSR count). The Kier molecular flexibility index (Phi) is 4.63. The number of hydrogen-bond donors (Lipinski definition) is 0. The Morgan fingerprint density at radius 2 is 1.95 bits per heavy atom. The van der Waals surface area contributed by atoms with Gasteiger partial charge in [0.15, 0.2) is 0 Å². The van der Waals surface area contributed by atoms with E-state index in [4.69, 9.17) is 0 Å². The van der Waals surface area contributed by atoms with Gasteiger partial charge in [0.25, 0.3) is 5.91 Å². The standard InChI is InChI=1S/C15H21BrN2O/c1-11-4-5-12(16)10-14(11)15(19)18-8-6-13(7-9-18)17(2)3/h4-5,10,13H,6-9H2,1-3H3. The molecule has 0 atom stereocenters. The second-order valence-corrected chi connectivity index (χ2v) is 6.36. The summed E-state index contributed by atoms with van der Waals surface area (Å²) < 4.78 is 0.963. The first-order valence-electron chi connectivity index (χ1n) is 6.71. The van der Waals surface area contributed by atoms with Crippen molar-refractivity contribution in [2.75, 3.05) is 27.2 Å². The highest BCUT2D eigenvalue weighted by Crippen LogP contribution is 2.21. The lowest BCUT2D eigenvalue weighted by Gasteiger charge is -2.35. The first kappa shape index (κ1) is 14.5. The van der Waals surface area contributed by atoms with Crippen LogP contribution in [0.2, 0.25) is 0 Å². The summed E-state index contributed by atoms with van der Waals surface area (Å²) in [7, 11) is 4.22. The van der Waals surface area contributed by atoms with Gasteiger partial charge in [-0.1, -0.05) is 22.0 Å². The van der Waals surface area contributed by atoms with Crippen LogP contribution in [0.5, 0.6) is 0 Å². The number of piperidine rings is 1. The monoisotopic (exact) mass is 324 g/mol. The molecular weight excluding hydrogens is 304 g/mol. The quantitative estimate of drug-likeness (QED) is 0.835. The van der Waals surface area contributed by atoms with E-state index >= 15 is 0 Å². The lowest BCUT2D eigenvalue weighted by Crippen LogP contribution is -2.44. The number of aryl methyl sites for hydroxylation is 1. The Balaban J connectivity index is 2.07. The van der Waals surface area contributed by atoms with E-state index in [0.29, 0.717) is 6.04 Å². The van der Waals surface area contributed by atoms with Crippen LogP contribution in [0.3, 0.4) is 0 Å². The number of carbonyl (C=O) groups excluding carboxylic acids is 1. The third-order valence-electron chi connectivity index (χ3n) is 3.91. The van der Waals surface area contributed by atoms with Crippen LogP contribution in [0, 0.1) is 6.92 Å². The van der Waals surface area contributed by atoms with Crippen LogP contribution in [0.4, 0.5) is 0 Å². The van der Waals surface area contributed by atoms with Gasteiger partial charge >= 0.3 is 0 Å². The SMILES string of the molecule is Cc1ccc(Br)cc1C(=O)N1CCC(N(C)C)CC1. The van der Waals surface area contributed by atoms with Crippen LogP contribution in [0.15, 0.2) is 22.7 Å². The number of likely N-dealkylation sites (tertiary alicyclic amines) is 1. The van der Waals surface area contributed by atoms with Crippen molar-refractivity contribution in [1.29, 1.82) is 0 Å². The van der Waals surface area contributed by atoms with Gasteiger partial charge in [0.1, 0.15) is 0 Å². The molecule has 1 aromatic carbocycles. The van der Waals surface area contributed by atoms with Gasteiger partial charge in [-0.05, 0) is 51.6 Å². The van der Waals surface area contributed by atoms with Crippen LogP contribution in [0.25, 0.3) is 0 Å². The average molecular weight is 325 g/mol. The number of carbonyl (C=O) groups is 1. The van der Waals surface area contributed by atoms with Gasteiger partial charge in [-0.3, -0.25) is 4.79 Å². The lowest BCUT2D eigenvalue weighted by atomic mass is 10.0. The summed E-state index contributed by atoms with van der Waals surface area (Å²) in [5.74, 6) is 0.163. The van der Waals surface area contributed by atoms with Crippen molar-refractivity contribution in [3.05, 3.63) is 33.8 Å². The van der Waals surface area contributed by atoms with Crippen molar-refractivity contribution in [3.8, 4) is 0 Å². The average Bonchev–Trinajstić information content (AvgIpc) is 2.41. The second-order valence-electron chi connectivity index (χ2n) is 5.45. The zero-order chi connectivity index (χ0) is 14.0. The minimum atomic E-state index is 0.163. The van der Waals surface area contributed by atoms with E-state index in [1.54, 1.807) is 0 Å². The van der Waals surface area contributed by atoms with Crippen molar-refractivity contribution in [2.24, 2.45) is 0 Å². The van der Waals surface area contributed by atoms with Gasteiger partial charge in [-0.2, -0.15) is 0 Å². The Bertz CT molecular complexity index is 465. The summed E-state index contributed by atoms with van der Waals surface area (Å²) >= 11 is 3.44. The number of benzene rings is 1.